The van der Waals surface area contributed by atoms with Gasteiger partial charge in [0.25, 0.3) is 0 Å². The summed E-state index contributed by atoms with van der Waals surface area (Å²) in [7, 11) is -3.18. The molecule has 1 heterocycles. The zero-order valence-electron chi connectivity index (χ0n) is 11.1. The Morgan fingerprint density at radius 1 is 1.32 bits per heavy atom. The molecule has 0 fully saturated rings. The normalized spacial score (nSPS) is 15.9. The van der Waals surface area contributed by atoms with Crippen molar-refractivity contribution in [1.82, 2.24) is 5.32 Å². The van der Waals surface area contributed by atoms with Gasteiger partial charge in [-0.05, 0) is 31.5 Å². The largest absolute Gasteiger partial charge is 0.384 e. The van der Waals surface area contributed by atoms with Crippen LogP contribution < -0.4 is 10.6 Å². The Kier molecular flexibility index (Phi) is 4.61. The summed E-state index contributed by atoms with van der Waals surface area (Å²) in [6.45, 7) is 2.74. The second-order valence-electron chi connectivity index (χ2n) is 4.76. The van der Waals surface area contributed by atoms with Crippen molar-refractivity contribution < 1.29 is 8.42 Å². The Balaban J connectivity index is 1.98. The highest BCUT2D eigenvalue weighted by atomic mass is 32.2. The lowest BCUT2D eigenvalue weighted by molar-refractivity contribution is 0.602. The van der Waals surface area contributed by atoms with Crippen LogP contribution >= 0.6 is 0 Å². The second kappa shape index (κ2) is 6.21. The third kappa shape index (κ3) is 4.08. The Morgan fingerprint density at radius 2 is 2.11 bits per heavy atom. The number of hydrogen-bond donors (Lipinski definition) is 2. The van der Waals surface area contributed by atoms with Gasteiger partial charge < -0.3 is 10.6 Å². The minimum absolute atomic E-state index is 0.370. The topological polar surface area (TPSA) is 58.2 Å². The third-order valence-electron chi connectivity index (χ3n) is 3.21. The molecule has 19 heavy (non-hydrogen) atoms. The van der Waals surface area contributed by atoms with E-state index in [1.165, 1.54) is 11.8 Å². The predicted molar refractivity (Wildman–Crippen MR) is 78.2 cm³/mol. The molecule has 0 aromatic heterocycles. The molecule has 4 nitrogen and oxygen atoms in total. The molecule has 0 bridgehead atoms. The summed E-state index contributed by atoms with van der Waals surface area (Å²) in [6, 6.07) is 7.05. The van der Waals surface area contributed by atoms with Crippen LogP contribution in [-0.4, -0.2) is 34.3 Å². The van der Waals surface area contributed by atoms with Crippen molar-refractivity contribution in [2.75, 3.05) is 31.2 Å². The first-order valence-corrected chi connectivity index (χ1v) is 8.38. The summed E-state index contributed by atoms with van der Waals surface area (Å²) in [5, 5.41) is 6.50. The van der Waals surface area contributed by atoms with Crippen LogP contribution in [0.3, 0.4) is 0 Å². The van der Waals surface area contributed by atoms with Crippen molar-refractivity contribution in [1.29, 1.82) is 0 Å². The summed E-state index contributed by atoms with van der Waals surface area (Å²) >= 11 is 0. The summed E-state index contributed by atoms with van der Waals surface area (Å²) in [6.07, 6.45) is 5.49. The summed E-state index contributed by atoms with van der Waals surface area (Å²) in [5.41, 5.74) is 2.13. The van der Waals surface area contributed by atoms with E-state index in [1.54, 1.807) is 12.1 Å². The standard InChI is InChI=1S/C14H20N2O2S/c1-19(17,18)14-5-3-2-4-13(14)16-11-8-12-6-9-15-10-7-12/h2-6,15-16H,7-11H2,1H3. The monoisotopic (exact) mass is 280 g/mol. The molecule has 104 valence electrons. The minimum Gasteiger partial charge on any atom is -0.384 e. The number of sulfone groups is 1. The molecule has 0 radical (unpaired) electrons. The Hall–Kier alpha value is -1.33. The van der Waals surface area contributed by atoms with E-state index in [-0.39, 0.29) is 0 Å². The molecule has 1 aromatic rings. The first kappa shape index (κ1) is 14.1. The van der Waals surface area contributed by atoms with Crippen molar-refractivity contribution >= 4 is 15.5 Å². The lowest BCUT2D eigenvalue weighted by Gasteiger charge is -2.15. The van der Waals surface area contributed by atoms with Gasteiger partial charge in [-0.25, -0.2) is 8.42 Å². The molecule has 1 aliphatic rings. The number of hydrogen-bond acceptors (Lipinski definition) is 4. The zero-order valence-corrected chi connectivity index (χ0v) is 12.0. The molecule has 2 N–H and O–H groups in total. The van der Waals surface area contributed by atoms with Crippen molar-refractivity contribution in [2.45, 2.75) is 17.7 Å². The van der Waals surface area contributed by atoms with Crippen LogP contribution in [0.15, 0.2) is 40.8 Å². The zero-order chi connectivity index (χ0) is 13.7. The molecule has 0 aliphatic carbocycles. The van der Waals surface area contributed by atoms with Crippen molar-refractivity contribution in [3.05, 3.63) is 35.9 Å². The third-order valence-corrected chi connectivity index (χ3v) is 4.36. The first-order valence-electron chi connectivity index (χ1n) is 6.49. The Morgan fingerprint density at radius 3 is 2.79 bits per heavy atom. The Labute approximate surface area is 114 Å². The molecule has 0 saturated heterocycles. The molecular weight excluding hydrogens is 260 g/mol. The highest BCUT2D eigenvalue weighted by Crippen LogP contribution is 2.21. The van der Waals surface area contributed by atoms with Crippen LogP contribution in [0.2, 0.25) is 0 Å². The fourth-order valence-corrected chi connectivity index (χ4v) is 3.06. The minimum atomic E-state index is -3.18. The van der Waals surface area contributed by atoms with E-state index >= 15 is 0 Å². The number of benzene rings is 1. The molecule has 1 aliphatic heterocycles. The van der Waals surface area contributed by atoms with Crippen molar-refractivity contribution in [2.24, 2.45) is 0 Å². The molecule has 5 heteroatoms. The summed E-state index contributed by atoms with van der Waals surface area (Å²) < 4.78 is 23.3. The molecule has 2 rings (SSSR count). The van der Waals surface area contributed by atoms with Gasteiger partial charge in [-0.2, -0.15) is 0 Å². The number of anilines is 1. The predicted octanol–water partition coefficient (Wildman–Crippen LogP) is 1.81. The highest BCUT2D eigenvalue weighted by molar-refractivity contribution is 7.90. The lowest BCUT2D eigenvalue weighted by atomic mass is 10.1. The van der Waals surface area contributed by atoms with Crippen molar-refractivity contribution in [3.8, 4) is 0 Å². The van der Waals surface area contributed by atoms with E-state index < -0.39 is 9.84 Å². The molecule has 0 amide bonds. The smallest absolute Gasteiger partial charge is 0.177 e. The quantitative estimate of drug-likeness (QED) is 0.808. The van der Waals surface area contributed by atoms with E-state index in [2.05, 4.69) is 16.7 Å². The first-order chi connectivity index (χ1) is 9.07. The maximum atomic E-state index is 11.7. The fourth-order valence-electron chi connectivity index (χ4n) is 2.19. The number of nitrogens with one attached hydrogen (secondary N) is 2. The van der Waals surface area contributed by atoms with Crippen LogP contribution in [0.1, 0.15) is 12.8 Å². The van der Waals surface area contributed by atoms with E-state index in [4.69, 9.17) is 0 Å². The van der Waals surface area contributed by atoms with Gasteiger partial charge in [0, 0.05) is 19.3 Å². The van der Waals surface area contributed by atoms with Gasteiger partial charge in [-0.1, -0.05) is 23.8 Å². The van der Waals surface area contributed by atoms with Gasteiger partial charge in [-0.15, -0.1) is 0 Å². The highest BCUT2D eigenvalue weighted by Gasteiger charge is 2.12. The van der Waals surface area contributed by atoms with E-state index in [0.717, 1.165) is 32.5 Å². The van der Waals surface area contributed by atoms with E-state index in [9.17, 15) is 8.42 Å². The molecule has 1 aromatic carbocycles. The van der Waals surface area contributed by atoms with Gasteiger partial charge >= 0.3 is 0 Å². The van der Waals surface area contributed by atoms with E-state index in [1.807, 2.05) is 12.1 Å². The van der Waals surface area contributed by atoms with Crippen LogP contribution in [-0.2, 0) is 9.84 Å². The summed E-state index contributed by atoms with van der Waals surface area (Å²) in [5.74, 6) is 0. The average Bonchev–Trinajstić information content (AvgIpc) is 2.39. The second-order valence-corrected chi connectivity index (χ2v) is 6.75. The van der Waals surface area contributed by atoms with Crippen LogP contribution in [0.4, 0.5) is 5.69 Å². The summed E-state index contributed by atoms with van der Waals surface area (Å²) in [4.78, 5) is 0.370. The Bertz CT molecular complexity index is 565. The molecule has 0 saturated carbocycles. The average molecular weight is 280 g/mol. The number of rotatable bonds is 5. The van der Waals surface area contributed by atoms with Gasteiger partial charge in [0.15, 0.2) is 9.84 Å². The van der Waals surface area contributed by atoms with Crippen LogP contribution in [0.5, 0.6) is 0 Å². The molecular formula is C14H20N2O2S. The van der Waals surface area contributed by atoms with Gasteiger partial charge in [0.05, 0.1) is 10.6 Å². The molecule has 0 spiro atoms. The lowest BCUT2D eigenvalue weighted by Crippen LogP contribution is -2.21. The maximum absolute atomic E-state index is 11.7. The maximum Gasteiger partial charge on any atom is 0.177 e. The molecule has 0 unspecified atom stereocenters. The molecule has 0 atom stereocenters. The van der Waals surface area contributed by atoms with Crippen LogP contribution in [0, 0.1) is 0 Å². The van der Waals surface area contributed by atoms with Gasteiger partial charge in [0.2, 0.25) is 0 Å². The number of para-hydroxylation sites is 1. The van der Waals surface area contributed by atoms with Gasteiger partial charge in [0.1, 0.15) is 0 Å². The van der Waals surface area contributed by atoms with Crippen molar-refractivity contribution in [3.63, 3.8) is 0 Å². The van der Waals surface area contributed by atoms with Crippen LogP contribution in [0.25, 0.3) is 0 Å². The fraction of sp³-hybridized carbons (Fsp3) is 0.429. The SMILES string of the molecule is CS(=O)(=O)c1ccccc1NCCC1=CCNCC1. The van der Waals surface area contributed by atoms with Gasteiger partial charge in [-0.3, -0.25) is 0 Å². The van der Waals surface area contributed by atoms with E-state index in [0.29, 0.717) is 10.6 Å².